The van der Waals surface area contributed by atoms with E-state index < -0.39 is 0 Å². The number of hydrogen-bond acceptors (Lipinski definition) is 3. The summed E-state index contributed by atoms with van der Waals surface area (Å²) in [7, 11) is 0. The Kier molecular flexibility index (Phi) is 5.13. The monoisotopic (exact) mass is 270 g/mol. The fourth-order valence-electron chi connectivity index (χ4n) is 1.90. The third-order valence-corrected chi connectivity index (χ3v) is 2.99. The van der Waals surface area contributed by atoms with Crippen LogP contribution < -0.4 is 10.1 Å². The van der Waals surface area contributed by atoms with Gasteiger partial charge in [0.2, 0.25) is 5.88 Å². The van der Waals surface area contributed by atoms with E-state index in [0.717, 1.165) is 24.4 Å². The summed E-state index contributed by atoms with van der Waals surface area (Å²) in [6.07, 6.45) is 1.79. The first-order valence-corrected chi connectivity index (χ1v) is 7.04. The van der Waals surface area contributed by atoms with Crippen molar-refractivity contribution in [2.24, 2.45) is 5.92 Å². The zero-order valence-electron chi connectivity index (χ0n) is 12.4. The van der Waals surface area contributed by atoms with Crippen molar-refractivity contribution in [3.05, 3.63) is 53.7 Å². The first-order valence-electron chi connectivity index (χ1n) is 7.04. The van der Waals surface area contributed by atoms with Gasteiger partial charge in [-0.3, -0.25) is 0 Å². The number of aromatic nitrogens is 1. The lowest BCUT2D eigenvalue weighted by Gasteiger charge is -2.10. The maximum Gasteiger partial charge on any atom is 0.219 e. The quantitative estimate of drug-likeness (QED) is 0.863. The van der Waals surface area contributed by atoms with Crippen molar-refractivity contribution in [3.8, 4) is 11.6 Å². The number of aryl methyl sites for hydroxylation is 1. The number of hydrogen-bond donors (Lipinski definition) is 1. The van der Waals surface area contributed by atoms with E-state index in [-0.39, 0.29) is 0 Å². The molecule has 0 aliphatic heterocycles. The van der Waals surface area contributed by atoms with E-state index in [1.54, 1.807) is 6.20 Å². The molecule has 0 amide bonds. The fourth-order valence-corrected chi connectivity index (χ4v) is 1.90. The molecule has 20 heavy (non-hydrogen) atoms. The zero-order chi connectivity index (χ0) is 14.4. The van der Waals surface area contributed by atoms with E-state index in [0.29, 0.717) is 11.8 Å². The molecule has 0 atom stereocenters. The predicted molar refractivity (Wildman–Crippen MR) is 82.0 cm³/mol. The first-order chi connectivity index (χ1) is 9.65. The number of benzene rings is 1. The molecule has 0 fully saturated rings. The highest BCUT2D eigenvalue weighted by Gasteiger charge is 2.03. The minimum absolute atomic E-state index is 0.642. The molecule has 2 rings (SSSR count). The summed E-state index contributed by atoms with van der Waals surface area (Å²) in [6, 6.07) is 12.0. The van der Waals surface area contributed by atoms with E-state index in [1.807, 2.05) is 43.3 Å². The molecule has 0 saturated carbocycles. The minimum atomic E-state index is 0.642. The topological polar surface area (TPSA) is 34.1 Å². The molecule has 0 aliphatic rings. The first kappa shape index (κ1) is 14.5. The third kappa shape index (κ3) is 4.35. The molecule has 1 N–H and O–H groups in total. The van der Waals surface area contributed by atoms with Crippen LogP contribution in [-0.4, -0.2) is 11.5 Å². The Morgan fingerprint density at radius 3 is 2.75 bits per heavy atom. The van der Waals surface area contributed by atoms with E-state index in [4.69, 9.17) is 4.74 Å². The van der Waals surface area contributed by atoms with E-state index in [2.05, 4.69) is 24.1 Å². The SMILES string of the molecule is Cc1ccccc1Oc1cc(CNCC(C)C)ccn1. The van der Waals surface area contributed by atoms with Crippen molar-refractivity contribution in [2.45, 2.75) is 27.3 Å². The summed E-state index contributed by atoms with van der Waals surface area (Å²) in [4.78, 5) is 4.27. The average Bonchev–Trinajstić information content (AvgIpc) is 2.41. The smallest absolute Gasteiger partial charge is 0.219 e. The van der Waals surface area contributed by atoms with E-state index in [9.17, 15) is 0 Å². The van der Waals surface area contributed by atoms with Crippen molar-refractivity contribution in [1.82, 2.24) is 10.3 Å². The molecule has 1 heterocycles. The van der Waals surface area contributed by atoms with Gasteiger partial charge >= 0.3 is 0 Å². The van der Waals surface area contributed by atoms with Gasteiger partial charge in [0.25, 0.3) is 0 Å². The molecule has 2 aromatic rings. The van der Waals surface area contributed by atoms with Crippen LogP contribution in [0, 0.1) is 12.8 Å². The molecular formula is C17H22N2O. The van der Waals surface area contributed by atoms with Gasteiger partial charge in [-0.1, -0.05) is 32.0 Å². The van der Waals surface area contributed by atoms with Crippen LogP contribution in [0.4, 0.5) is 0 Å². The molecule has 0 aliphatic carbocycles. The Bertz CT molecular complexity index is 552. The van der Waals surface area contributed by atoms with Crippen LogP contribution in [0.3, 0.4) is 0 Å². The van der Waals surface area contributed by atoms with Crippen LogP contribution in [-0.2, 0) is 6.54 Å². The summed E-state index contributed by atoms with van der Waals surface area (Å²) in [5.74, 6) is 2.15. The zero-order valence-corrected chi connectivity index (χ0v) is 12.4. The van der Waals surface area contributed by atoms with Crippen molar-refractivity contribution in [2.75, 3.05) is 6.54 Å². The van der Waals surface area contributed by atoms with Gasteiger partial charge in [0, 0.05) is 18.8 Å². The second-order valence-corrected chi connectivity index (χ2v) is 5.39. The lowest BCUT2D eigenvalue weighted by Crippen LogP contribution is -2.18. The van der Waals surface area contributed by atoms with Crippen LogP contribution in [0.2, 0.25) is 0 Å². The molecule has 3 nitrogen and oxygen atoms in total. The van der Waals surface area contributed by atoms with Crippen LogP contribution in [0.5, 0.6) is 11.6 Å². The number of rotatable bonds is 6. The van der Waals surface area contributed by atoms with Gasteiger partial charge in [-0.15, -0.1) is 0 Å². The third-order valence-electron chi connectivity index (χ3n) is 2.99. The highest BCUT2D eigenvalue weighted by atomic mass is 16.5. The standard InChI is InChI=1S/C17H22N2O/c1-13(2)11-18-12-15-8-9-19-17(10-15)20-16-7-5-4-6-14(16)3/h4-10,13,18H,11-12H2,1-3H3. The second kappa shape index (κ2) is 7.06. The lowest BCUT2D eigenvalue weighted by atomic mass is 10.2. The fraction of sp³-hybridized carbons (Fsp3) is 0.353. The van der Waals surface area contributed by atoms with Crippen LogP contribution in [0.1, 0.15) is 25.0 Å². The van der Waals surface area contributed by atoms with E-state index in [1.165, 1.54) is 5.56 Å². The molecule has 106 valence electrons. The molecule has 1 aromatic carbocycles. The minimum Gasteiger partial charge on any atom is -0.439 e. The summed E-state index contributed by atoms with van der Waals surface area (Å²) >= 11 is 0. The number of nitrogens with one attached hydrogen (secondary N) is 1. The molecule has 1 aromatic heterocycles. The largest absolute Gasteiger partial charge is 0.439 e. The molecule has 0 bridgehead atoms. The molecule has 0 spiro atoms. The maximum absolute atomic E-state index is 5.84. The van der Waals surface area contributed by atoms with Crippen LogP contribution in [0.15, 0.2) is 42.6 Å². The molecule has 0 saturated heterocycles. The van der Waals surface area contributed by atoms with Crippen molar-refractivity contribution < 1.29 is 4.74 Å². The molecule has 3 heteroatoms. The lowest BCUT2D eigenvalue weighted by molar-refractivity contribution is 0.458. The normalized spacial score (nSPS) is 10.8. The van der Waals surface area contributed by atoms with Gasteiger partial charge in [-0.2, -0.15) is 0 Å². The number of nitrogens with zero attached hydrogens (tertiary/aromatic N) is 1. The van der Waals surface area contributed by atoms with Crippen molar-refractivity contribution in [3.63, 3.8) is 0 Å². The molecule has 0 radical (unpaired) electrons. The average molecular weight is 270 g/mol. The Morgan fingerprint density at radius 2 is 2.00 bits per heavy atom. The number of pyridine rings is 1. The second-order valence-electron chi connectivity index (χ2n) is 5.39. The maximum atomic E-state index is 5.84. The highest BCUT2D eigenvalue weighted by molar-refractivity contribution is 5.35. The molecular weight excluding hydrogens is 248 g/mol. The predicted octanol–water partition coefficient (Wildman–Crippen LogP) is 3.93. The summed E-state index contributed by atoms with van der Waals surface area (Å²) in [5, 5.41) is 3.42. The Balaban J connectivity index is 2.01. The van der Waals surface area contributed by atoms with Gasteiger partial charge in [0.15, 0.2) is 0 Å². The van der Waals surface area contributed by atoms with E-state index >= 15 is 0 Å². The van der Waals surface area contributed by atoms with Gasteiger partial charge in [0.1, 0.15) is 5.75 Å². The van der Waals surface area contributed by atoms with Gasteiger partial charge in [-0.25, -0.2) is 4.98 Å². The Labute approximate surface area is 121 Å². The van der Waals surface area contributed by atoms with Crippen LogP contribution >= 0.6 is 0 Å². The highest BCUT2D eigenvalue weighted by Crippen LogP contribution is 2.23. The number of ether oxygens (including phenoxy) is 1. The Morgan fingerprint density at radius 1 is 1.20 bits per heavy atom. The number of para-hydroxylation sites is 1. The summed E-state index contributed by atoms with van der Waals surface area (Å²) in [6.45, 7) is 8.28. The van der Waals surface area contributed by atoms with Crippen molar-refractivity contribution in [1.29, 1.82) is 0 Å². The van der Waals surface area contributed by atoms with Gasteiger partial charge in [-0.05, 0) is 42.6 Å². The van der Waals surface area contributed by atoms with Crippen molar-refractivity contribution >= 4 is 0 Å². The summed E-state index contributed by atoms with van der Waals surface area (Å²) < 4.78 is 5.84. The van der Waals surface area contributed by atoms with Gasteiger partial charge < -0.3 is 10.1 Å². The summed E-state index contributed by atoms with van der Waals surface area (Å²) in [5.41, 5.74) is 2.29. The van der Waals surface area contributed by atoms with Crippen LogP contribution in [0.25, 0.3) is 0 Å². The Hall–Kier alpha value is -1.87. The van der Waals surface area contributed by atoms with Gasteiger partial charge in [0.05, 0.1) is 0 Å². The molecule has 0 unspecified atom stereocenters.